The molecule has 2 heterocycles. The summed E-state index contributed by atoms with van der Waals surface area (Å²) in [5, 5.41) is 14.0. The number of amidine groups is 1. The van der Waals surface area contributed by atoms with Crippen LogP contribution in [-0.2, 0) is 0 Å². The molecule has 8 nitrogen and oxygen atoms in total. The molecule has 1 amide bonds. The topological polar surface area (TPSA) is 122 Å². The van der Waals surface area contributed by atoms with E-state index >= 15 is 0 Å². The van der Waals surface area contributed by atoms with Crippen LogP contribution in [0.5, 0.6) is 0 Å². The van der Waals surface area contributed by atoms with Gasteiger partial charge in [0.15, 0.2) is 0 Å². The van der Waals surface area contributed by atoms with Crippen molar-refractivity contribution in [1.29, 1.82) is 0 Å². The van der Waals surface area contributed by atoms with Gasteiger partial charge in [-0.15, -0.1) is 11.3 Å². The van der Waals surface area contributed by atoms with E-state index in [0.717, 1.165) is 33.2 Å². The monoisotopic (exact) mass is 447 g/mol. The van der Waals surface area contributed by atoms with Gasteiger partial charge in [-0.05, 0) is 49.8 Å². The second kappa shape index (κ2) is 9.21. The summed E-state index contributed by atoms with van der Waals surface area (Å²) in [6.45, 7) is 1.37. The number of nitrogens with zero attached hydrogens (tertiary/aromatic N) is 3. The van der Waals surface area contributed by atoms with Gasteiger partial charge in [-0.3, -0.25) is 4.79 Å². The fourth-order valence-electron chi connectivity index (χ4n) is 3.40. The minimum Gasteiger partial charge on any atom is -0.382 e. The van der Waals surface area contributed by atoms with E-state index in [9.17, 15) is 4.79 Å². The van der Waals surface area contributed by atoms with Crippen LogP contribution in [0.2, 0.25) is 0 Å². The van der Waals surface area contributed by atoms with Crippen LogP contribution in [0.1, 0.15) is 15.9 Å². The molecule has 0 atom stereocenters. The van der Waals surface area contributed by atoms with Crippen molar-refractivity contribution in [3.05, 3.63) is 65.0 Å². The molecule has 0 saturated carbocycles. The van der Waals surface area contributed by atoms with E-state index in [1.807, 2.05) is 66.8 Å². The Morgan fingerprint density at radius 2 is 1.97 bits per heavy atom. The lowest BCUT2D eigenvalue weighted by Gasteiger charge is -2.12. The molecule has 0 unspecified atom stereocenters. The smallest absolute Gasteiger partial charge is 0.251 e. The maximum Gasteiger partial charge on any atom is 0.251 e. The van der Waals surface area contributed by atoms with Crippen LogP contribution in [0.4, 0.5) is 11.5 Å². The largest absolute Gasteiger partial charge is 0.382 e. The molecule has 0 aliphatic carbocycles. The van der Waals surface area contributed by atoms with Crippen LogP contribution >= 0.6 is 11.3 Å². The molecule has 0 aliphatic rings. The molecule has 0 aliphatic heterocycles. The maximum absolute atomic E-state index is 12.5. The van der Waals surface area contributed by atoms with Gasteiger partial charge < -0.3 is 27.1 Å². The van der Waals surface area contributed by atoms with Gasteiger partial charge in [0, 0.05) is 45.4 Å². The zero-order valence-electron chi connectivity index (χ0n) is 17.9. The summed E-state index contributed by atoms with van der Waals surface area (Å²) >= 11 is 1.65. The molecule has 0 bridgehead atoms. The highest BCUT2D eigenvalue weighted by Gasteiger charge is 2.13. The molecule has 32 heavy (non-hydrogen) atoms. The summed E-state index contributed by atoms with van der Waals surface area (Å²) in [7, 11) is 3.94. The number of hydrazone groups is 1. The van der Waals surface area contributed by atoms with Gasteiger partial charge in [0.2, 0.25) is 0 Å². The average molecular weight is 448 g/mol. The van der Waals surface area contributed by atoms with Crippen molar-refractivity contribution in [2.45, 2.75) is 0 Å². The average Bonchev–Trinajstić information content (AvgIpc) is 3.28. The number of carbonyl (C=O) groups excluding carboxylic acids is 1. The molecule has 4 rings (SSSR count). The zero-order chi connectivity index (χ0) is 22.7. The number of fused-ring (bicyclic) bond motifs is 3. The fraction of sp³-hybridized carbons (Fsp3) is 0.174. The third kappa shape index (κ3) is 4.48. The minimum absolute atomic E-state index is 0.108. The number of nitrogens with one attached hydrogen (secondary N) is 2. The van der Waals surface area contributed by atoms with Crippen molar-refractivity contribution in [2.24, 2.45) is 16.7 Å². The van der Waals surface area contributed by atoms with E-state index < -0.39 is 0 Å². The molecule has 164 valence electrons. The lowest BCUT2D eigenvalue weighted by atomic mass is 10.1. The molecular weight excluding hydrogens is 422 g/mol. The second-order valence-electron chi connectivity index (χ2n) is 7.64. The van der Waals surface area contributed by atoms with Crippen molar-refractivity contribution in [3.63, 3.8) is 0 Å². The highest BCUT2D eigenvalue weighted by atomic mass is 32.1. The predicted octanol–water partition coefficient (Wildman–Crippen LogP) is 3.06. The van der Waals surface area contributed by atoms with E-state index in [1.54, 1.807) is 17.4 Å². The maximum atomic E-state index is 12.5. The minimum atomic E-state index is -0.108. The number of carbonyl (C=O) groups is 1. The summed E-state index contributed by atoms with van der Waals surface area (Å²) in [6, 6.07) is 15.2. The summed E-state index contributed by atoms with van der Waals surface area (Å²) in [4.78, 5) is 19.4. The molecule has 0 saturated heterocycles. The van der Waals surface area contributed by atoms with Crippen LogP contribution in [0.15, 0.2) is 59.0 Å². The number of hydrogen-bond acceptors (Lipinski definition) is 7. The number of aromatic nitrogens is 1. The number of nitrogens with two attached hydrogens (primary N) is 2. The number of thiophene rings is 1. The van der Waals surface area contributed by atoms with Crippen LogP contribution in [0, 0.1) is 0 Å². The number of hydrogen-bond donors (Lipinski definition) is 4. The molecule has 9 heteroatoms. The van der Waals surface area contributed by atoms with E-state index in [1.165, 1.54) is 0 Å². The Hall–Kier alpha value is -3.69. The molecule has 0 fully saturated rings. The third-order valence-corrected chi connectivity index (χ3v) is 6.01. The number of anilines is 2. The molecule has 2 aromatic carbocycles. The number of pyridine rings is 1. The molecule has 0 spiro atoms. The number of rotatable bonds is 7. The van der Waals surface area contributed by atoms with E-state index in [2.05, 4.69) is 15.7 Å². The molecule has 4 aromatic rings. The first-order valence-corrected chi connectivity index (χ1v) is 11.0. The second-order valence-corrected chi connectivity index (χ2v) is 8.55. The molecule has 2 aromatic heterocycles. The Labute approximate surface area is 189 Å². The SMILES string of the molecule is CN(C)CCNC(=O)c1cccc(Nc2nc3cc(/C(N)=N/N)ccc3c3sccc23)c1. The van der Waals surface area contributed by atoms with Crippen LogP contribution in [0.25, 0.3) is 21.0 Å². The highest BCUT2D eigenvalue weighted by molar-refractivity contribution is 7.18. The van der Waals surface area contributed by atoms with Crippen LogP contribution < -0.4 is 22.2 Å². The van der Waals surface area contributed by atoms with E-state index in [0.29, 0.717) is 23.5 Å². The first-order chi connectivity index (χ1) is 15.5. The number of likely N-dealkylation sites (N-methyl/N-ethyl adjacent to an activating group) is 1. The van der Waals surface area contributed by atoms with Crippen molar-refractivity contribution in [2.75, 3.05) is 32.5 Å². The standard InChI is InChI=1S/C23H25N7OS/c1-30(2)10-9-26-23(31)15-4-3-5-16(12-15)27-22-18-8-11-32-20(18)17-7-6-14(21(24)29-25)13-19(17)28-22/h3-8,11-13H,9-10,25H2,1-2H3,(H2,24,29)(H,26,31)(H,27,28). The molecule has 6 N–H and O–H groups in total. The van der Waals surface area contributed by atoms with Gasteiger partial charge in [-0.25, -0.2) is 4.98 Å². The van der Waals surface area contributed by atoms with Gasteiger partial charge in [0.1, 0.15) is 11.7 Å². The van der Waals surface area contributed by atoms with Crippen LogP contribution in [-0.4, -0.2) is 48.8 Å². The fourth-order valence-corrected chi connectivity index (χ4v) is 4.33. The van der Waals surface area contributed by atoms with Crippen LogP contribution in [0.3, 0.4) is 0 Å². The number of benzene rings is 2. The Balaban J connectivity index is 1.66. The highest BCUT2D eigenvalue weighted by Crippen LogP contribution is 2.35. The first-order valence-electron chi connectivity index (χ1n) is 10.1. The lowest BCUT2D eigenvalue weighted by Crippen LogP contribution is -2.31. The van der Waals surface area contributed by atoms with Gasteiger partial charge in [-0.2, -0.15) is 5.10 Å². The van der Waals surface area contributed by atoms with Crippen molar-refractivity contribution in [1.82, 2.24) is 15.2 Å². The first kappa shape index (κ1) is 21.5. The Kier molecular flexibility index (Phi) is 6.20. The Bertz CT molecular complexity index is 1310. The summed E-state index contributed by atoms with van der Waals surface area (Å²) < 4.78 is 1.12. The van der Waals surface area contributed by atoms with Gasteiger partial charge in [-0.1, -0.05) is 18.2 Å². The number of amides is 1. The molecule has 0 radical (unpaired) electrons. The summed E-state index contributed by atoms with van der Waals surface area (Å²) in [5.41, 5.74) is 8.74. The van der Waals surface area contributed by atoms with E-state index in [4.69, 9.17) is 16.6 Å². The summed E-state index contributed by atoms with van der Waals surface area (Å²) in [6.07, 6.45) is 0. The van der Waals surface area contributed by atoms with Gasteiger partial charge in [0.25, 0.3) is 5.91 Å². The Morgan fingerprint density at radius 1 is 1.12 bits per heavy atom. The quantitative estimate of drug-likeness (QED) is 0.149. The Morgan fingerprint density at radius 3 is 2.75 bits per heavy atom. The van der Waals surface area contributed by atoms with Crippen molar-refractivity contribution < 1.29 is 4.79 Å². The normalized spacial score (nSPS) is 11.9. The third-order valence-electron chi connectivity index (χ3n) is 5.06. The lowest BCUT2D eigenvalue weighted by molar-refractivity contribution is 0.0951. The molecular formula is C23H25N7OS. The predicted molar refractivity (Wildman–Crippen MR) is 133 cm³/mol. The van der Waals surface area contributed by atoms with Gasteiger partial charge >= 0.3 is 0 Å². The van der Waals surface area contributed by atoms with E-state index in [-0.39, 0.29) is 11.7 Å². The van der Waals surface area contributed by atoms with Crippen molar-refractivity contribution >= 4 is 55.6 Å². The van der Waals surface area contributed by atoms with Gasteiger partial charge in [0.05, 0.1) is 5.52 Å². The zero-order valence-corrected chi connectivity index (χ0v) is 18.7. The van der Waals surface area contributed by atoms with Crippen molar-refractivity contribution in [3.8, 4) is 0 Å². The summed E-state index contributed by atoms with van der Waals surface area (Å²) in [5.74, 6) is 6.19.